The molecule has 1 N–H and O–H groups in total. The van der Waals surface area contributed by atoms with Crippen molar-refractivity contribution in [1.29, 1.82) is 0 Å². The van der Waals surface area contributed by atoms with Crippen LogP contribution in [0, 0.1) is 6.92 Å². The van der Waals surface area contributed by atoms with Gasteiger partial charge in [-0.15, -0.1) is 0 Å². The SMILES string of the molecule is Cc1ccc(C(C)(C)C)cc1CC(C)NC(C)C. The highest BCUT2D eigenvalue weighted by molar-refractivity contribution is 5.35. The standard InChI is InChI=1S/C17H29N/c1-12(2)18-14(4)10-15-11-16(17(5,6)7)9-8-13(15)3/h8-9,11-12,14,18H,10H2,1-7H3. The summed E-state index contributed by atoms with van der Waals surface area (Å²) in [5.74, 6) is 0. The monoisotopic (exact) mass is 247 g/mol. The van der Waals surface area contributed by atoms with Gasteiger partial charge in [0.1, 0.15) is 0 Å². The quantitative estimate of drug-likeness (QED) is 0.840. The molecule has 1 aromatic rings. The molecule has 0 aliphatic carbocycles. The molecule has 0 aliphatic heterocycles. The molecule has 1 unspecified atom stereocenters. The molecule has 1 rings (SSSR count). The Kier molecular flexibility index (Phi) is 4.98. The first kappa shape index (κ1) is 15.2. The van der Waals surface area contributed by atoms with Crippen molar-refractivity contribution in [2.75, 3.05) is 0 Å². The van der Waals surface area contributed by atoms with E-state index in [9.17, 15) is 0 Å². The Labute approximate surface area is 113 Å². The number of benzene rings is 1. The Morgan fingerprint density at radius 3 is 2.22 bits per heavy atom. The Morgan fingerprint density at radius 2 is 1.72 bits per heavy atom. The van der Waals surface area contributed by atoms with Gasteiger partial charge in [0.25, 0.3) is 0 Å². The molecule has 0 fully saturated rings. The lowest BCUT2D eigenvalue weighted by Crippen LogP contribution is -2.34. The van der Waals surface area contributed by atoms with Crippen molar-refractivity contribution >= 4 is 0 Å². The minimum absolute atomic E-state index is 0.233. The average Bonchev–Trinajstić information content (AvgIpc) is 2.18. The van der Waals surface area contributed by atoms with Gasteiger partial charge in [0, 0.05) is 12.1 Å². The summed E-state index contributed by atoms with van der Waals surface area (Å²) in [6.07, 6.45) is 1.11. The van der Waals surface area contributed by atoms with Gasteiger partial charge in [-0.1, -0.05) is 52.8 Å². The van der Waals surface area contributed by atoms with E-state index in [0.29, 0.717) is 12.1 Å². The topological polar surface area (TPSA) is 12.0 Å². The molecule has 0 saturated carbocycles. The van der Waals surface area contributed by atoms with Gasteiger partial charge in [-0.25, -0.2) is 0 Å². The van der Waals surface area contributed by atoms with E-state index in [2.05, 4.69) is 72.0 Å². The molecule has 1 nitrogen and oxygen atoms in total. The third-order valence-corrected chi connectivity index (χ3v) is 3.36. The number of aryl methyl sites for hydroxylation is 1. The van der Waals surface area contributed by atoms with E-state index < -0.39 is 0 Å². The van der Waals surface area contributed by atoms with Crippen LogP contribution < -0.4 is 5.32 Å². The molecule has 0 radical (unpaired) electrons. The lowest BCUT2D eigenvalue weighted by Gasteiger charge is -2.23. The van der Waals surface area contributed by atoms with E-state index in [1.54, 1.807) is 0 Å². The first-order valence-electron chi connectivity index (χ1n) is 7.06. The molecule has 0 aliphatic rings. The Bertz CT molecular complexity index is 385. The lowest BCUT2D eigenvalue weighted by molar-refractivity contribution is 0.486. The molecule has 0 bridgehead atoms. The van der Waals surface area contributed by atoms with Gasteiger partial charge in [0.05, 0.1) is 0 Å². The summed E-state index contributed by atoms with van der Waals surface area (Å²) >= 11 is 0. The molecule has 1 atom stereocenters. The van der Waals surface area contributed by atoms with Gasteiger partial charge < -0.3 is 5.32 Å². The molecule has 1 heteroatoms. The summed E-state index contributed by atoms with van der Waals surface area (Å²) in [6.45, 7) is 15.7. The molecule has 0 amide bonds. The first-order chi connectivity index (χ1) is 8.20. The predicted octanol–water partition coefficient (Wildman–Crippen LogP) is 4.22. The maximum Gasteiger partial charge on any atom is 0.00816 e. The zero-order valence-electron chi connectivity index (χ0n) is 13.1. The number of hydrogen-bond donors (Lipinski definition) is 1. The van der Waals surface area contributed by atoms with E-state index in [0.717, 1.165) is 6.42 Å². The van der Waals surface area contributed by atoms with Gasteiger partial charge in [-0.2, -0.15) is 0 Å². The Morgan fingerprint density at radius 1 is 1.11 bits per heavy atom. The Hall–Kier alpha value is -0.820. The molecule has 0 heterocycles. The summed E-state index contributed by atoms with van der Waals surface area (Å²) in [7, 11) is 0. The second-order valence-electron chi connectivity index (χ2n) is 6.82. The fourth-order valence-electron chi connectivity index (χ4n) is 2.32. The van der Waals surface area contributed by atoms with E-state index >= 15 is 0 Å². The second-order valence-corrected chi connectivity index (χ2v) is 6.82. The smallest absolute Gasteiger partial charge is 0.00816 e. The van der Waals surface area contributed by atoms with Crippen LogP contribution in [0.4, 0.5) is 0 Å². The maximum atomic E-state index is 3.58. The van der Waals surface area contributed by atoms with Crippen molar-refractivity contribution in [1.82, 2.24) is 5.32 Å². The minimum atomic E-state index is 0.233. The number of nitrogens with one attached hydrogen (secondary N) is 1. The van der Waals surface area contributed by atoms with Gasteiger partial charge >= 0.3 is 0 Å². The van der Waals surface area contributed by atoms with Crippen LogP contribution in [-0.2, 0) is 11.8 Å². The first-order valence-corrected chi connectivity index (χ1v) is 7.06. The molecular formula is C17H29N. The van der Waals surface area contributed by atoms with Crippen LogP contribution in [0.3, 0.4) is 0 Å². The zero-order valence-corrected chi connectivity index (χ0v) is 13.1. The van der Waals surface area contributed by atoms with Crippen LogP contribution in [0.1, 0.15) is 58.2 Å². The number of hydrogen-bond acceptors (Lipinski definition) is 1. The lowest BCUT2D eigenvalue weighted by atomic mass is 9.84. The Balaban J connectivity index is 2.88. The summed E-state index contributed by atoms with van der Waals surface area (Å²) in [5, 5.41) is 3.58. The summed E-state index contributed by atoms with van der Waals surface area (Å²) in [5.41, 5.74) is 4.54. The van der Waals surface area contributed by atoms with E-state index in [4.69, 9.17) is 0 Å². The molecular weight excluding hydrogens is 218 g/mol. The molecule has 1 aromatic carbocycles. The van der Waals surface area contributed by atoms with E-state index in [1.807, 2.05) is 0 Å². The molecule has 0 aromatic heterocycles. The van der Waals surface area contributed by atoms with Crippen molar-refractivity contribution in [3.8, 4) is 0 Å². The normalized spacial score (nSPS) is 14.0. The van der Waals surface area contributed by atoms with Crippen molar-refractivity contribution in [3.05, 3.63) is 34.9 Å². The van der Waals surface area contributed by atoms with E-state index in [-0.39, 0.29) is 5.41 Å². The van der Waals surface area contributed by atoms with Crippen LogP contribution in [0.5, 0.6) is 0 Å². The highest BCUT2D eigenvalue weighted by atomic mass is 14.9. The van der Waals surface area contributed by atoms with Crippen LogP contribution in [-0.4, -0.2) is 12.1 Å². The fraction of sp³-hybridized carbons (Fsp3) is 0.647. The predicted molar refractivity (Wildman–Crippen MR) is 81.3 cm³/mol. The summed E-state index contributed by atoms with van der Waals surface area (Å²) in [4.78, 5) is 0. The van der Waals surface area contributed by atoms with Crippen molar-refractivity contribution < 1.29 is 0 Å². The molecule has 102 valence electrons. The second kappa shape index (κ2) is 5.88. The average molecular weight is 247 g/mol. The molecule has 18 heavy (non-hydrogen) atoms. The summed E-state index contributed by atoms with van der Waals surface area (Å²) in [6, 6.07) is 7.98. The van der Waals surface area contributed by atoms with Crippen LogP contribution in [0.2, 0.25) is 0 Å². The highest BCUT2D eigenvalue weighted by Gasteiger charge is 2.15. The van der Waals surface area contributed by atoms with Crippen LogP contribution in [0.25, 0.3) is 0 Å². The number of rotatable bonds is 4. The van der Waals surface area contributed by atoms with Gasteiger partial charge in [0.2, 0.25) is 0 Å². The van der Waals surface area contributed by atoms with Crippen molar-refractivity contribution in [3.63, 3.8) is 0 Å². The van der Waals surface area contributed by atoms with Gasteiger partial charge in [0.15, 0.2) is 0 Å². The minimum Gasteiger partial charge on any atom is -0.312 e. The van der Waals surface area contributed by atoms with Crippen molar-refractivity contribution in [2.45, 2.75) is 72.4 Å². The largest absolute Gasteiger partial charge is 0.312 e. The van der Waals surface area contributed by atoms with Gasteiger partial charge in [-0.3, -0.25) is 0 Å². The molecule has 0 spiro atoms. The van der Waals surface area contributed by atoms with Crippen LogP contribution >= 0.6 is 0 Å². The highest BCUT2D eigenvalue weighted by Crippen LogP contribution is 2.25. The third-order valence-electron chi connectivity index (χ3n) is 3.36. The van der Waals surface area contributed by atoms with Gasteiger partial charge in [-0.05, 0) is 42.4 Å². The summed E-state index contributed by atoms with van der Waals surface area (Å²) < 4.78 is 0. The van der Waals surface area contributed by atoms with E-state index in [1.165, 1.54) is 16.7 Å². The maximum absolute atomic E-state index is 3.58. The fourth-order valence-corrected chi connectivity index (χ4v) is 2.32. The van der Waals surface area contributed by atoms with Crippen molar-refractivity contribution in [2.24, 2.45) is 0 Å². The zero-order chi connectivity index (χ0) is 13.9. The van der Waals surface area contributed by atoms with Crippen LogP contribution in [0.15, 0.2) is 18.2 Å². The molecule has 0 saturated heterocycles. The third kappa shape index (κ3) is 4.45.